The quantitative estimate of drug-likeness (QED) is 0.449. The lowest BCUT2D eigenvalue weighted by Gasteiger charge is -2.21. The molecule has 0 N–H and O–H groups in total. The summed E-state index contributed by atoms with van der Waals surface area (Å²) in [5.41, 5.74) is 2.11. The van der Waals surface area contributed by atoms with Crippen LogP contribution in [-0.2, 0) is 9.84 Å². The molecule has 0 spiro atoms. The third kappa shape index (κ3) is 4.63. The highest BCUT2D eigenvalue weighted by Crippen LogP contribution is 2.36. The van der Waals surface area contributed by atoms with Crippen molar-refractivity contribution in [2.24, 2.45) is 5.41 Å². The van der Waals surface area contributed by atoms with E-state index >= 15 is 0 Å². The van der Waals surface area contributed by atoms with E-state index in [1.807, 2.05) is 49.4 Å². The van der Waals surface area contributed by atoms with Crippen LogP contribution in [0.4, 0.5) is 0 Å². The summed E-state index contributed by atoms with van der Waals surface area (Å²) in [5.74, 6) is 0.270. The van der Waals surface area contributed by atoms with E-state index in [2.05, 4.69) is 22.6 Å². The lowest BCUT2D eigenvalue weighted by atomic mass is 9.83. The molecule has 1 aliphatic heterocycles. The van der Waals surface area contributed by atoms with Crippen molar-refractivity contribution < 1.29 is 13.2 Å². The average Bonchev–Trinajstić information content (AvgIpc) is 2.80. The van der Waals surface area contributed by atoms with E-state index in [0.29, 0.717) is 17.0 Å². The largest absolute Gasteiger partial charge is 0.294 e. The van der Waals surface area contributed by atoms with Gasteiger partial charge in [0.1, 0.15) is 0 Å². The molecule has 1 heterocycles. The van der Waals surface area contributed by atoms with Gasteiger partial charge >= 0.3 is 0 Å². The fourth-order valence-electron chi connectivity index (χ4n) is 3.27. The highest BCUT2D eigenvalue weighted by molar-refractivity contribution is 14.1. The Labute approximate surface area is 166 Å². The normalized spacial score (nSPS) is 22.0. The number of sulfone groups is 1. The van der Waals surface area contributed by atoms with Gasteiger partial charge in [0.15, 0.2) is 15.6 Å². The molecule has 0 aromatic heterocycles. The van der Waals surface area contributed by atoms with Crippen LogP contribution in [0.25, 0.3) is 11.1 Å². The minimum absolute atomic E-state index is 0.00618. The fourth-order valence-corrected chi connectivity index (χ4v) is 6.32. The molecule has 3 rings (SSSR count). The predicted molar refractivity (Wildman–Crippen MR) is 110 cm³/mol. The maximum absolute atomic E-state index is 12.8. The summed E-state index contributed by atoms with van der Waals surface area (Å²) in [4.78, 5) is 12.8. The molecule has 1 saturated heterocycles. The minimum atomic E-state index is -3.01. The Bertz CT molecular complexity index is 922. The Kier molecular flexibility index (Phi) is 5.28. The first-order chi connectivity index (χ1) is 11.7. The number of carbonyl (C=O) groups excluding carboxylic acids is 1. The zero-order chi connectivity index (χ0) is 18.2. The Morgan fingerprint density at radius 1 is 1.16 bits per heavy atom. The Morgan fingerprint density at radius 3 is 2.44 bits per heavy atom. The summed E-state index contributed by atoms with van der Waals surface area (Å²) in [5, 5.41) is 0.668. The predicted octanol–water partition coefficient (Wildman–Crippen LogP) is 5.01. The second kappa shape index (κ2) is 7.00. The Hall–Kier alpha value is -0.920. The molecule has 1 atom stereocenters. The molecule has 2 aromatic rings. The Balaban J connectivity index is 1.87. The molecule has 3 nitrogen and oxygen atoms in total. The van der Waals surface area contributed by atoms with Crippen LogP contribution in [0.2, 0.25) is 5.02 Å². The molecular weight excluding hydrogens is 471 g/mol. The third-order valence-electron chi connectivity index (χ3n) is 4.57. The van der Waals surface area contributed by atoms with Crippen molar-refractivity contribution in [1.82, 2.24) is 0 Å². The summed E-state index contributed by atoms with van der Waals surface area (Å²) in [6, 6.07) is 13.2. The van der Waals surface area contributed by atoms with Gasteiger partial charge in [-0.15, -0.1) is 0 Å². The summed E-state index contributed by atoms with van der Waals surface area (Å²) in [7, 11) is -3.01. The van der Waals surface area contributed by atoms with Gasteiger partial charge in [-0.2, -0.15) is 0 Å². The zero-order valence-corrected chi connectivity index (χ0v) is 17.5. The fraction of sp³-hybridized carbons (Fsp3) is 0.316. The van der Waals surface area contributed by atoms with Crippen molar-refractivity contribution in [2.45, 2.75) is 19.8 Å². The van der Waals surface area contributed by atoms with Crippen molar-refractivity contribution in [3.8, 4) is 11.1 Å². The van der Waals surface area contributed by atoms with Crippen molar-refractivity contribution in [3.05, 3.63) is 56.6 Å². The van der Waals surface area contributed by atoms with Crippen molar-refractivity contribution in [1.29, 1.82) is 0 Å². The third-order valence-corrected chi connectivity index (χ3v) is 7.41. The zero-order valence-electron chi connectivity index (χ0n) is 13.8. The number of ketones is 1. The van der Waals surface area contributed by atoms with Crippen molar-refractivity contribution in [2.75, 3.05) is 11.5 Å². The van der Waals surface area contributed by atoms with Gasteiger partial charge in [-0.25, -0.2) is 8.42 Å². The summed E-state index contributed by atoms with van der Waals surface area (Å²) >= 11 is 8.14. The molecule has 1 aliphatic rings. The first-order valence-electron chi connectivity index (χ1n) is 7.96. The topological polar surface area (TPSA) is 51.2 Å². The number of halogens is 2. The maximum atomic E-state index is 12.8. The number of hydrogen-bond acceptors (Lipinski definition) is 3. The SMILES string of the molecule is CC1(CC(=O)c2cc(I)cc(-c3ccc(Cl)cc3)c2)CCS(=O)(=O)C1. The molecule has 0 saturated carbocycles. The number of rotatable bonds is 4. The van der Waals surface area contributed by atoms with Gasteiger partial charge in [0.25, 0.3) is 0 Å². The molecule has 0 radical (unpaired) electrons. The summed E-state index contributed by atoms with van der Waals surface area (Å²) in [6.07, 6.45) is 0.807. The first kappa shape index (κ1) is 18.9. The number of Topliss-reactive ketones (excluding diaryl/α,β-unsaturated/α-hetero) is 1. The van der Waals surface area contributed by atoms with Crippen LogP contribution in [0, 0.1) is 8.99 Å². The molecular formula is C19H18ClIO3S. The van der Waals surface area contributed by atoms with Gasteiger partial charge in [0.05, 0.1) is 11.5 Å². The lowest BCUT2D eigenvalue weighted by Crippen LogP contribution is -2.22. The second-order valence-corrected chi connectivity index (χ2v) is 10.9. The van der Waals surface area contributed by atoms with E-state index in [1.165, 1.54) is 0 Å². The highest BCUT2D eigenvalue weighted by atomic mass is 127. The molecule has 0 bridgehead atoms. The molecule has 1 unspecified atom stereocenters. The molecule has 6 heteroatoms. The molecule has 0 aliphatic carbocycles. The molecule has 132 valence electrons. The molecule has 0 amide bonds. The molecule has 2 aromatic carbocycles. The summed E-state index contributed by atoms with van der Waals surface area (Å²) < 4.78 is 24.5. The van der Waals surface area contributed by atoms with Gasteiger partial charge in [-0.1, -0.05) is 30.7 Å². The van der Waals surface area contributed by atoms with Crippen LogP contribution in [0.3, 0.4) is 0 Å². The lowest BCUT2D eigenvalue weighted by molar-refractivity contribution is 0.0934. The Morgan fingerprint density at radius 2 is 1.84 bits per heavy atom. The van der Waals surface area contributed by atoms with E-state index in [0.717, 1.165) is 14.7 Å². The number of carbonyl (C=O) groups is 1. The van der Waals surface area contributed by atoms with Gasteiger partial charge in [0, 0.05) is 20.6 Å². The van der Waals surface area contributed by atoms with E-state index in [4.69, 9.17) is 11.6 Å². The van der Waals surface area contributed by atoms with Crippen molar-refractivity contribution in [3.63, 3.8) is 0 Å². The van der Waals surface area contributed by atoms with Crippen LogP contribution in [0.1, 0.15) is 30.1 Å². The smallest absolute Gasteiger partial charge is 0.163 e. The van der Waals surface area contributed by atoms with E-state index in [-0.39, 0.29) is 23.7 Å². The molecule has 1 fully saturated rings. The van der Waals surface area contributed by atoms with E-state index < -0.39 is 15.3 Å². The van der Waals surface area contributed by atoms with Crippen LogP contribution < -0.4 is 0 Å². The van der Waals surface area contributed by atoms with Crippen LogP contribution in [-0.4, -0.2) is 25.7 Å². The van der Waals surface area contributed by atoms with Crippen LogP contribution in [0.15, 0.2) is 42.5 Å². The van der Waals surface area contributed by atoms with Gasteiger partial charge in [-0.3, -0.25) is 4.79 Å². The van der Waals surface area contributed by atoms with E-state index in [9.17, 15) is 13.2 Å². The standard InChI is InChI=1S/C19H18ClIO3S/c1-19(6-7-25(23,24)12-19)11-18(22)15-8-14(9-17(21)10-15)13-2-4-16(20)5-3-13/h2-5,8-10H,6-7,11-12H2,1H3. The van der Waals surface area contributed by atoms with E-state index in [1.54, 1.807) is 0 Å². The van der Waals surface area contributed by atoms with Gasteiger partial charge in [0.2, 0.25) is 0 Å². The molecule has 25 heavy (non-hydrogen) atoms. The highest BCUT2D eigenvalue weighted by Gasteiger charge is 2.39. The van der Waals surface area contributed by atoms with Gasteiger partial charge < -0.3 is 0 Å². The maximum Gasteiger partial charge on any atom is 0.163 e. The number of hydrogen-bond donors (Lipinski definition) is 0. The van der Waals surface area contributed by atoms with Crippen LogP contribution in [0.5, 0.6) is 0 Å². The van der Waals surface area contributed by atoms with Crippen molar-refractivity contribution >= 4 is 49.8 Å². The first-order valence-corrected chi connectivity index (χ1v) is 11.2. The van der Waals surface area contributed by atoms with Crippen LogP contribution >= 0.6 is 34.2 Å². The monoisotopic (exact) mass is 488 g/mol. The summed E-state index contributed by atoms with van der Waals surface area (Å²) in [6.45, 7) is 1.89. The number of benzene rings is 2. The minimum Gasteiger partial charge on any atom is -0.294 e. The second-order valence-electron chi connectivity index (χ2n) is 6.99. The average molecular weight is 489 g/mol. The van der Waals surface area contributed by atoms with Gasteiger partial charge in [-0.05, 0) is 75.9 Å².